The van der Waals surface area contributed by atoms with Gasteiger partial charge in [-0.25, -0.2) is 0 Å². The van der Waals surface area contributed by atoms with E-state index in [1.165, 1.54) is 0 Å². The number of carbonyl (C=O) groups is 3. The largest absolute Gasteiger partial charge is 0.332 e. The van der Waals surface area contributed by atoms with Crippen molar-refractivity contribution >= 4 is 17.5 Å². The lowest BCUT2D eigenvalue weighted by atomic mass is 9.79. The quantitative estimate of drug-likeness (QED) is 0.250. The third-order valence-corrected chi connectivity index (χ3v) is 8.23. The zero-order chi connectivity index (χ0) is 27.3. The van der Waals surface area contributed by atoms with E-state index in [1.807, 2.05) is 52.0 Å². The first-order chi connectivity index (χ1) is 17.5. The molecule has 0 aromatic heterocycles. The molecule has 37 heavy (non-hydrogen) atoms. The van der Waals surface area contributed by atoms with E-state index in [1.54, 1.807) is 11.0 Å². The number of hydrogen-bond donors (Lipinski definition) is 0. The highest BCUT2D eigenvalue weighted by Crippen LogP contribution is 2.39. The van der Waals surface area contributed by atoms with Gasteiger partial charge in [0.05, 0.1) is 6.04 Å². The average Bonchev–Trinajstić information content (AvgIpc) is 3.18. The van der Waals surface area contributed by atoms with Gasteiger partial charge in [-0.1, -0.05) is 68.8 Å². The zero-order valence-corrected chi connectivity index (χ0v) is 23.5. The number of ketones is 2. The Morgan fingerprint density at radius 3 is 2.43 bits per heavy atom. The molecule has 2 aromatic rings. The molecule has 3 rings (SSSR count). The van der Waals surface area contributed by atoms with Crippen LogP contribution in [0, 0.1) is 38.0 Å². The molecular formula is C33H43NO3. The summed E-state index contributed by atoms with van der Waals surface area (Å²) in [5.41, 5.74) is 4.76. The molecule has 1 saturated heterocycles. The Kier molecular flexibility index (Phi) is 9.28. The van der Waals surface area contributed by atoms with Crippen molar-refractivity contribution in [1.29, 1.82) is 0 Å². The number of Topliss-reactive ketones (excluding diaryl/α,β-unsaturated/α-hetero) is 2. The van der Waals surface area contributed by atoms with Gasteiger partial charge in [-0.3, -0.25) is 14.4 Å². The first-order valence-corrected chi connectivity index (χ1v) is 13.5. The Morgan fingerprint density at radius 2 is 1.78 bits per heavy atom. The SMILES string of the molecule is C=CCCC(=O)C1N(C(=O)C(C)C(CC(=O)c2cc(C)cc(C)c2C)Cc2ccccc2)CCC1(C)C. The molecule has 4 nitrogen and oxygen atoms in total. The Labute approximate surface area is 223 Å². The van der Waals surface area contributed by atoms with Crippen LogP contribution in [0.1, 0.15) is 79.1 Å². The molecule has 198 valence electrons. The molecule has 0 bridgehead atoms. The van der Waals surface area contributed by atoms with E-state index < -0.39 is 6.04 Å². The predicted molar refractivity (Wildman–Crippen MR) is 151 cm³/mol. The number of nitrogens with zero attached hydrogens (tertiary/aromatic N) is 1. The minimum absolute atomic E-state index is 0.0200. The van der Waals surface area contributed by atoms with Crippen molar-refractivity contribution in [3.8, 4) is 0 Å². The van der Waals surface area contributed by atoms with Crippen molar-refractivity contribution in [3.63, 3.8) is 0 Å². The van der Waals surface area contributed by atoms with E-state index in [4.69, 9.17) is 0 Å². The third kappa shape index (κ3) is 6.66. The van der Waals surface area contributed by atoms with Gasteiger partial charge >= 0.3 is 0 Å². The van der Waals surface area contributed by atoms with E-state index in [2.05, 4.69) is 38.6 Å². The Balaban J connectivity index is 1.90. The molecular weight excluding hydrogens is 458 g/mol. The predicted octanol–water partition coefficient (Wildman–Crippen LogP) is 6.84. The summed E-state index contributed by atoms with van der Waals surface area (Å²) in [5, 5.41) is 0. The van der Waals surface area contributed by atoms with Crippen LogP contribution in [-0.2, 0) is 16.0 Å². The van der Waals surface area contributed by atoms with E-state index in [9.17, 15) is 14.4 Å². The van der Waals surface area contributed by atoms with E-state index in [0.29, 0.717) is 25.8 Å². The minimum atomic E-state index is -0.433. The summed E-state index contributed by atoms with van der Waals surface area (Å²) in [4.78, 5) is 42.6. The molecule has 0 radical (unpaired) electrons. The summed E-state index contributed by atoms with van der Waals surface area (Å²) < 4.78 is 0. The van der Waals surface area contributed by atoms with E-state index in [0.717, 1.165) is 34.2 Å². The van der Waals surface area contributed by atoms with Gasteiger partial charge in [0.1, 0.15) is 0 Å². The topological polar surface area (TPSA) is 54.5 Å². The van der Waals surface area contributed by atoms with Crippen LogP contribution in [0.5, 0.6) is 0 Å². The van der Waals surface area contributed by atoms with Crippen molar-refractivity contribution in [2.75, 3.05) is 6.54 Å². The first kappa shape index (κ1) is 28.6. The van der Waals surface area contributed by atoms with Crippen LogP contribution in [-0.4, -0.2) is 35.0 Å². The smallest absolute Gasteiger partial charge is 0.226 e. The Bertz CT molecular complexity index is 1150. The van der Waals surface area contributed by atoms with Crippen LogP contribution >= 0.6 is 0 Å². The standard InChI is InChI=1S/C33H43NO3/c1-8-9-15-29(35)31-33(6,7)16-17-34(31)32(37)25(5)27(20-26-13-11-10-12-14-26)21-30(36)28-19-22(2)18-23(3)24(28)4/h8,10-14,18-19,25,27,31H,1,9,15-17,20-21H2,2-7H3. The minimum Gasteiger partial charge on any atom is -0.332 e. The van der Waals surface area contributed by atoms with Gasteiger partial charge in [-0.2, -0.15) is 0 Å². The highest BCUT2D eigenvalue weighted by atomic mass is 16.2. The fourth-order valence-electron chi connectivity index (χ4n) is 5.81. The zero-order valence-electron chi connectivity index (χ0n) is 23.5. The Morgan fingerprint density at radius 1 is 1.11 bits per heavy atom. The van der Waals surface area contributed by atoms with Crippen LogP contribution in [0.2, 0.25) is 0 Å². The molecule has 1 amide bonds. The monoisotopic (exact) mass is 501 g/mol. The number of amides is 1. The van der Waals surface area contributed by atoms with Gasteiger partial charge in [-0.15, -0.1) is 6.58 Å². The fourth-order valence-corrected chi connectivity index (χ4v) is 5.81. The van der Waals surface area contributed by atoms with Crippen LogP contribution in [0.25, 0.3) is 0 Å². The number of benzene rings is 2. The number of allylic oxidation sites excluding steroid dienone is 1. The van der Waals surface area contributed by atoms with Crippen LogP contribution in [0.15, 0.2) is 55.1 Å². The molecule has 3 unspecified atom stereocenters. The van der Waals surface area contributed by atoms with Crippen LogP contribution < -0.4 is 0 Å². The molecule has 2 aromatic carbocycles. The normalized spacial score (nSPS) is 18.3. The van der Waals surface area contributed by atoms with Crippen molar-refractivity contribution in [3.05, 3.63) is 82.9 Å². The van der Waals surface area contributed by atoms with Gasteiger partial charge in [0.15, 0.2) is 11.6 Å². The second-order valence-electron chi connectivity index (χ2n) is 11.6. The molecule has 1 heterocycles. The number of carbonyl (C=O) groups excluding carboxylic acids is 3. The summed E-state index contributed by atoms with van der Waals surface area (Å²) in [7, 11) is 0. The summed E-state index contributed by atoms with van der Waals surface area (Å²) in [6.45, 7) is 16.5. The van der Waals surface area contributed by atoms with Gasteiger partial charge in [-0.05, 0) is 74.1 Å². The van der Waals surface area contributed by atoms with Gasteiger partial charge in [0, 0.05) is 30.9 Å². The second-order valence-corrected chi connectivity index (χ2v) is 11.6. The van der Waals surface area contributed by atoms with Crippen LogP contribution in [0.3, 0.4) is 0 Å². The third-order valence-electron chi connectivity index (χ3n) is 8.23. The molecule has 1 aliphatic heterocycles. The maximum Gasteiger partial charge on any atom is 0.226 e. The highest BCUT2D eigenvalue weighted by molar-refractivity contribution is 5.98. The molecule has 0 spiro atoms. The van der Waals surface area contributed by atoms with Crippen molar-refractivity contribution in [2.24, 2.45) is 17.3 Å². The van der Waals surface area contributed by atoms with Gasteiger partial charge in [0.25, 0.3) is 0 Å². The van der Waals surface area contributed by atoms with Crippen LogP contribution in [0.4, 0.5) is 0 Å². The van der Waals surface area contributed by atoms with Crippen molar-refractivity contribution in [1.82, 2.24) is 4.90 Å². The number of likely N-dealkylation sites (tertiary alicyclic amines) is 1. The number of aryl methyl sites for hydroxylation is 2. The van der Waals surface area contributed by atoms with Crippen molar-refractivity contribution < 1.29 is 14.4 Å². The maximum absolute atomic E-state index is 14.0. The number of rotatable bonds is 11. The fraction of sp³-hybridized carbons (Fsp3) is 0.485. The van der Waals surface area contributed by atoms with E-state index >= 15 is 0 Å². The summed E-state index contributed by atoms with van der Waals surface area (Å²) in [5.74, 6) is -0.405. The van der Waals surface area contributed by atoms with Crippen molar-refractivity contribution in [2.45, 2.75) is 79.7 Å². The molecule has 0 aliphatic carbocycles. The van der Waals surface area contributed by atoms with Gasteiger partial charge in [0.2, 0.25) is 5.91 Å². The summed E-state index contributed by atoms with van der Waals surface area (Å²) >= 11 is 0. The molecule has 0 saturated carbocycles. The second kappa shape index (κ2) is 12.0. The highest BCUT2D eigenvalue weighted by Gasteiger charge is 2.47. The summed E-state index contributed by atoms with van der Waals surface area (Å²) in [6.07, 6.45) is 4.48. The molecule has 1 aliphatic rings. The Hall–Kier alpha value is -3.01. The molecule has 0 N–H and O–H groups in total. The maximum atomic E-state index is 14.0. The number of hydrogen-bond acceptors (Lipinski definition) is 3. The molecule has 1 fully saturated rings. The lowest BCUT2D eigenvalue weighted by Crippen LogP contribution is -2.49. The van der Waals surface area contributed by atoms with Gasteiger partial charge < -0.3 is 4.90 Å². The molecule has 4 heteroatoms. The lowest BCUT2D eigenvalue weighted by Gasteiger charge is -2.34. The molecule has 3 atom stereocenters. The van der Waals surface area contributed by atoms with E-state index in [-0.39, 0.29) is 41.1 Å². The first-order valence-electron chi connectivity index (χ1n) is 13.5. The average molecular weight is 502 g/mol. The lowest BCUT2D eigenvalue weighted by molar-refractivity contribution is -0.143. The summed E-state index contributed by atoms with van der Waals surface area (Å²) in [6, 6.07) is 13.7.